The van der Waals surface area contributed by atoms with Crippen molar-refractivity contribution in [2.24, 2.45) is 0 Å². The molecule has 0 aromatic heterocycles. The van der Waals surface area contributed by atoms with Crippen molar-refractivity contribution < 1.29 is 13.2 Å². The maximum absolute atomic E-state index is 13.3. The van der Waals surface area contributed by atoms with Gasteiger partial charge in [0.1, 0.15) is 5.92 Å². The van der Waals surface area contributed by atoms with Gasteiger partial charge >= 0.3 is 6.18 Å². The molecule has 0 radical (unpaired) electrons. The molecule has 0 aliphatic heterocycles. The smallest absolute Gasteiger partial charge is 0.170 e. The molecule has 2 aromatic carbocycles. The maximum atomic E-state index is 13.3. The molecule has 2 rings (SSSR count). The molecule has 0 bridgehead atoms. The summed E-state index contributed by atoms with van der Waals surface area (Å²) in [5.74, 6) is -1.56. The monoisotopic (exact) mass is 264 g/mol. The molecule has 2 aromatic rings. The fraction of sp³-hybridized carbons (Fsp3) is 0.250. The van der Waals surface area contributed by atoms with Crippen LogP contribution in [0.5, 0.6) is 0 Å². The molecule has 3 heteroatoms. The highest BCUT2D eigenvalue weighted by Crippen LogP contribution is 2.40. The van der Waals surface area contributed by atoms with Gasteiger partial charge < -0.3 is 0 Å². The Morgan fingerprint density at radius 3 is 1.26 bits per heavy atom. The third-order valence-corrected chi connectivity index (χ3v) is 3.15. The van der Waals surface area contributed by atoms with Crippen molar-refractivity contribution in [3.05, 3.63) is 70.8 Å². The van der Waals surface area contributed by atoms with Gasteiger partial charge in [-0.25, -0.2) is 0 Å². The van der Waals surface area contributed by atoms with E-state index in [4.69, 9.17) is 0 Å². The van der Waals surface area contributed by atoms with Crippen LogP contribution in [0, 0.1) is 13.8 Å². The van der Waals surface area contributed by atoms with E-state index in [1.807, 2.05) is 13.8 Å². The van der Waals surface area contributed by atoms with Crippen LogP contribution in [-0.2, 0) is 0 Å². The summed E-state index contributed by atoms with van der Waals surface area (Å²) in [6.45, 7) is 3.72. The van der Waals surface area contributed by atoms with Crippen LogP contribution in [0.25, 0.3) is 0 Å². The van der Waals surface area contributed by atoms with E-state index < -0.39 is 12.1 Å². The average Bonchev–Trinajstić information content (AvgIpc) is 2.33. The number of halogens is 3. The molecule has 0 saturated carbocycles. The van der Waals surface area contributed by atoms with Gasteiger partial charge in [-0.3, -0.25) is 0 Å². The summed E-state index contributed by atoms with van der Waals surface area (Å²) in [5.41, 5.74) is 2.46. The largest absolute Gasteiger partial charge is 0.399 e. The normalized spacial score (nSPS) is 11.9. The molecule has 0 heterocycles. The molecule has 0 atom stereocenters. The molecule has 0 amide bonds. The van der Waals surface area contributed by atoms with E-state index in [0.29, 0.717) is 0 Å². The predicted molar refractivity (Wildman–Crippen MR) is 70.3 cm³/mol. The van der Waals surface area contributed by atoms with Crippen molar-refractivity contribution in [1.29, 1.82) is 0 Å². The first-order valence-corrected chi connectivity index (χ1v) is 6.08. The van der Waals surface area contributed by atoms with Gasteiger partial charge in [0.2, 0.25) is 0 Å². The Hall–Kier alpha value is -1.77. The van der Waals surface area contributed by atoms with Crippen LogP contribution >= 0.6 is 0 Å². The number of hydrogen-bond acceptors (Lipinski definition) is 0. The van der Waals surface area contributed by atoms with Crippen LogP contribution in [0.2, 0.25) is 0 Å². The lowest BCUT2D eigenvalue weighted by molar-refractivity contribution is -0.141. The molecule has 0 nitrogen and oxygen atoms in total. The number of benzene rings is 2. The van der Waals surface area contributed by atoms with Crippen LogP contribution in [0.15, 0.2) is 48.5 Å². The summed E-state index contributed by atoms with van der Waals surface area (Å²) in [6.07, 6.45) is -4.29. The topological polar surface area (TPSA) is 0 Å². The standard InChI is InChI=1S/C16H15F3/c1-11-3-7-13(8-4-11)15(16(17,18)19)14-9-5-12(2)6-10-14/h3-10,15H,1-2H3. The number of aryl methyl sites for hydroxylation is 2. The Balaban J connectivity index is 2.47. The zero-order chi connectivity index (χ0) is 14.0. The summed E-state index contributed by atoms with van der Waals surface area (Å²) in [6, 6.07) is 13.0. The minimum absolute atomic E-state index is 0.280. The van der Waals surface area contributed by atoms with E-state index in [0.717, 1.165) is 11.1 Å². The average molecular weight is 264 g/mol. The highest BCUT2D eigenvalue weighted by Gasteiger charge is 2.41. The zero-order valence-corrected chi connectivity index (χ0v) is 10.8. The Morgan fingerprint density at radius 1 is 0.684 bits per heavy atom. The van der Waals surface area contributed by atoms with Gasteiger partial charge in [0, 0.05) is 0 Å². The highest BCUT2D eigenvalue weighted by molar-refractivity contribution is 5.36. The summed E-state index contributed by atoms with van der Waals surface area (Å²) in [4.78, 5) is 0. The van der Waals surface area contributed by atoms with Crippen LogP contribution in [0.1, 0.15) is 28.2 Å². The molecule has 100 valence electrons. The Labute approximate surface area is 110 Å². The van der Waals surface area contributed by atoms with Gasteiger partial charge in [-0.1, -0.05) is 59.7 Å². The highest BCUT2D eigenvalue weighted by atomic mass is 19.4. The second-order valence-corrected chi connectivity index (χ2v) is 4.80. The lowest BCUT2D eigenvalue weighted by Gasteiger charge is -2.21. The molecular weight excluding hydrogens is 249 g/mol. The summed E-state index contributed by atoms with van der Waals surface area (Å²) in [7, 11) is 0. The van der Waals surface area contributed by atoms with E-state index in [1.165, 1.54) is 0 Å². The Morgan fingerprint density at radius 2 is 1.00 bits per heavy atom. The van der Waals surface area contributed by atoms with Crippen LogP contribution in [-0.4, -0.2) is 6.18 Å². The second kappa shape index (κ2) is 5.08. The van der Waals surface area contributed by atoms with Crippen molar-refractivity contribution in [3.63, 3.8) is 0 Å². The SMILES string of the molecule is Cc1ccc(C(c2ccc(C)cc2)C(F)(F)F)cc1. The molecular formula is C16H15F3. The first-order chi connectivity index (χ1) is 8.88. The van der Waals surface area contributed by atoms with Crippen molar-refractivity contribution in [3.8, 4) is 0 Å². The molecule has 19 heavy (non-hydrogen) atoms. The molecule has 0 aliphatic rings. The number of rotatable bonds is 2. The van der Waals surface area contributed by atoms with E-state index in [9.17, 15) is 13.2 Å². The lowest BCUT2D eigenvalue weighted by Crippen LogP contribution is -2.22. The third-order valence-electron chi connectivity index (χ3n) is 3.15. The van der Waals surface area contributed by atoms with Crippen LogP contribution < -0.4 is 0 Å². The predicted octanol–water partition coefficient (Wildman–Crippen LogP) is 5.00. The van der Waals surface area contributed by atoms with Crippen molar-refractivity contribution in [1.82, 2.24) is 0 Å². The molecule has 0 aliphatic carbocycles. The van der Waals surface area contributed by atoms with Gasteiger partial charge in [0.05, 0.1) is 0 Å². The van der Waals surface area contributed by atoms with E-state index in [-0.39, 0.29) is 11.1 Å². The van der Waals surface area contributed by atoms with Gasteiger partial charge in [-0.05, 0) is 25.0 Å². The quantitative estimate of drug-likeness (QED) is 0.716. The Kier molecular flexibility index (Phi) is 3.65. The summed E-state index contributed by atoms with van der Waals surface area (Å²) < 4.78 is 39.9. The fourth-order valence-corrected chi connectivity index (χ4v) is 2.09. The van der Waals surface area contributed by atoms with Crippen molar-refractivity contribution >= 4 is 0 Å². The minimum atomic E-state index is -4.29. The number of hydrogen-bond donors (Lipinski definition) is 0. The van der Waals surface area contributed by atoms with Crippen molar-refractivity contribution in [2.75, 3.05) is 0 Å². The van der Waals surface area contributed by atoms with Gasteiger partial charge in [0.15, 0.2) is 0 Å². The van der Waals surface area contributed by atoms with Gasteiger partial charge in [0.25, 0.3) is 0 Å². The molecule has 0 N–H and O–H groups in total. The zero-order valence-electron chi connectivity index (χ0n) is 10.8. The van der Waals surface area contributed by atoms with Crippen LogP contribution in [0.3, 0.4) is 0 Å². The van der Waals surface area contributed by atoms with Crippen molar-refractivity contribution in [2.45, 2.75) is 25.9 Å². The van der Waals surface area contributed by atoms with Gasteiger partial charge in [-0.2, -0.15) is 13.2 Å². The lowest BCUT2D eigenvalue weighted by atomic mass is 9.90. The first-order valence-electron chi connectivity index (χ1n) is 6.08. The molecule has 0 unspecified atom stereocenters. The minimum Gasteiger partial charge on any atom is -0.170 e. The Bertz CT molecular complexity index is 490. The maximum Gasteiger partial charge on any atom is 0.399 e. The van der Waals surface area contributed by atoms with Gasteiger partial charge in [-0.15, -0.1) is 0 Å². The molecule has 0 fully saturated rings. The summed E-state index contributed by atoms with van der Waals surface area (Å²) in [5, 5.41) is 0. The van der Waals surface area contributed by atoms with E-state index in [1.54, 1.807) is 48.5 Å². The van der Waals surface area contributed by atoms with E-state index >= 15 is 0 Å². The number of alkyl halides is 3. The summed E-state index contributed by atoms with van der Waals surface area (Å²) >= 11 is 0. The third kappa shape index (κ3) is 3.16. The molecule has 0 spiro atoms. The van der Waals surface area contributed by atoms with E-state index in [2.05, 4.69) is 0 Å². The molecule has 0 saturated heterocycles. The second-order valence-electron chi connectivity index (χ2n) is 4.80. The van der Waals surface area contributed by atoms with Crippen LogP contribution in [0.4, 0.5) is 13.2 Å². The first kappa shape index (κ1) is 13.7. The fourth-order valence-electron chi connectivity index (χ4n) is 2.09.